The van der Waals surface area contributed by atoms with Crippen LogP contribution in [0.5, 0.6) is 0 Å². The van der Waals surface area contributed by atoms with Crippen molar-refractivity contribution in [3.63, 3.8) is 0 Å². The fraction of sp³-hybridized carbons (Fsp3) is 0.696. The van der Waals surface area contributed by atoms with E-state index in [-0.39, 0.29) is 16.0 Å². The molecule has 0 bridgehead atoms. The Morgan fingerprint density at radius 3 is 1.83 bits per heavy atom. The minimum absolute atomic E-state index is 0.0376. The molecular formula is C23H41NO4Si2. The van der Waals surface area contributed by atoms with E-state index in [1.54, 1.807) is 0 Å². The topological polar surface area (TPSA) is 59.0 Å². The third kappa shape index (κ3) is 5.24. The Balaban J connectivity index is 2.39. The van der Waals surface area contributed by atoms with E-state index in [0.717, 1.165) is 5.56 Å². The first-order chi connectivity index (χ1) is 13.5. The number of likely N-dealkylation sites (tertiary alicyclic amines) is 1. The first-order valence-electron chi connectivity index (χ1n) is 10.9. The van der Waals surface area contributed by atoms with Crippen molar-refractivity contribution >= 4 is 22.5 Å². The van der Waals surface area contributed by atoms with Crippen LogP contribution in [0.25, 0.3) is 0 Å². The van der Waals surface area contributed by atoms with E-state index in [1.165, 1.54) is 4.90 Å². The molecule has 1 unspecified atom stereocenters. The molecule has 0 radical (unpaired) electrons. The number of nitrogens with zero attached hydrogens (tertiary/aromatic N) is 1. The molecule has 0 aromatic heterocycles. The molecule has 1 aromatic rings. The van der Waals surface area contributed by atoms with E-state index in [1.807, 2.05) is 30.3 Å². The molecule has 0 aliphatic carbocycles. The highest BCUT2D eigenvalue weighted by Gasteiger charge is 2.55. The summed E-state index contributed by atoms with van der Waals surface area (Å²) in [6.45, 7) is 21.8. The second-order valence-corrected chi connectivity index (χ2v) is 21.0. The van der Waals surface area contributed by atoms with Crippen molar-refractivity contribution in [2.45, 2.75) is 103 Å². The van der Waals surface area contributed by atoms with Gasteiger partial charge in [0.05, 0.1) is 0 Å². The highest BCUT2D eigenvalue weighted by molar-refractivity contribution is 6.74. The molecule has 3 atom stereocenters. The van der Waals surface area contributed by atoms with Gasteiger partial charge in [0.15, 0.2) is 29.0 Å². The summed E-state index contributed by atoms with van der Waals surface area (Å²) in [6, 6.07) is 9.75. The van der Waals surface area contributed by atoms with E-state index in [4.69, 9.17) is 8.85 Å². The van der Waals surface area contributed by atoms with Gasteiger partial charge in [0, 0.05) is 6.54 Å². The molecule has 1 aliphatic heterocycles. The smallest absolute Gasteiger partial charge is 0.255 e. The molecule has 170 valence electrons. The highest BCUT2D eigenvalue weighted by Crippen LogP contribution is 2.43. The van der Waals surface area contributed by atoms with Crippen molar-refractivity contribution in [1.29, 1.82) is 0 Å². The number of aliphatic hydroxyl groups is 1. The zero-order valence-electron chi connectivity index (χ0n) is 20.4. The van der Waals surface area contributed by atoms with Crippen molar-refractivity contribution in [1.82, 2.24) is 4.90 Å². The molecule has 1 fully saturated rings. The van der Waals surface area contributed by atoms with Gasteiger partial charge in [0.1, 0.15) is 6.10 Å². The Morgan fingerprint density at radius 2 is 1.37 bits per heavy atom. The predicted octanol–water partition coefficient (Wildman–Crippen LogP) is 5.13. The molecule has 0 spiro atoms. The Morgan fingerprint density at radius 1 is 0.900 bits per heavy atom. The monoisotopic (exact) mass is 451 g/mol. The molecule has 1 amide bonds. The van der Waals surface area contributed by atoms with Crippen LogP contribution in [0.3, 0.4) is 0 Å². The second-order valence-electron chi connectivity index (χ2n) is 11.5. The fourth-order valence-electron chi connectivity index (χ4n) is 2.97. The average molecular weight is 452 g/mol. The number of hydrogen-bond acceptors (Lipinski definition) is 4. The third-order valence-electron chi connectivity index (χ3n) is 7.10. The fourth-order valence-corrected chi connectivity index (χ4v) is 5.47. The predicted molar refractivity (Wildman–Crippen MR) is 127 cm³/mol. The number of aliphatic hydroxyl groups excluding tert-OH is 1. The first-order valence-corrected chi connectivity index (χ1v) is 16.7. The lowest BCUT2D eigenvalue weighted by atomic mass is 10.2. The molecule has 0 saturated carbocycles. The number of carbonyl (C=O) groups is 1. The maximum Gasteiger partial charge on any atom is 0.255 e. The van der Waals surface area contributed by atoms with Gasteiger partial charge in [0.2, 0.25) is 0 Å². The minimum Gasteiger partial charge on any atom is -0.406 e. The molecule has 1 N–H and O–H groups in total. The normalized spacial score (nSPS) is 23.9. The lowest BCUT2D eigenvalue weighted by Gasteiger charge is -2.42. The highest BCUT2D eigenvalue weighted by atomic mass is 28.4. The Hall–Kier alpha value is -0.996. The summed E-state index contributed by atoms with van der Waals surface area (Å²) in [5.74, 6) is -0.181. The zero-order valence-corrected chi connectivity index (χ0v) is 22.4. The lowest BCUT2D eigenvalue weighted by molar-refractivity contribution is -0.138. The minimum atomic E-state index is -2.25. The molecule has 5 nitrogen and oxygen atoms in total. The zero-order chi connectivity index (χ0) is 23.1. The summed E-state index contributed by atoms with van der Waals surface area (Å²) in [5, 5.41) is 11.1. The van der Waals surface area contributed by atoms with Gasteiger partial charge in [-0.15, -0.1) is 0 Å². The standard InChI is InChI=1S/C23H41NO4Si2/c1-22(2,3)29(7,8)27-18-19(28-30(9,10)23(4,5)6)21(26)24(20(18)25)16-17-14-12-11-13-15-17/h11-15,18-20,25H,16H2,1-10H3/t18-,19+,20?/m1/s1. The van der Waals surface area contributed by atoms with Gasteiger partial charge < -0.3 is 18.9 Å². The largest absolute Gasteiger partial charge is 0.406 e. The van der Waals surface area contributed by atoms with Crippen LogP contribution in [0.2, 0.25) is 36.3 Å². The Labute approximate surface area is 185 Å². The van der Waals surface area contributed by atoms with Crippen LogP contribution < -0.4 is 0 Å². The first kappa shape index (κ1) is 25.3. The van der Waals surface area contributed by atoms with Crippen molar-refractivity contribution in [3.05, 3.63) is 35.9 Å². The molecule has 30 heavy (non-hydrogen) atoms. The number of benzene rings is 1. The van der Waals surface area contributed by atoms with E-state index in [9.17, 15) is 9.90 Å². The number of hydrogen-bond donors (Lipinski definition) is 1. The van der Waals surface area contributed by atoms with Crippen LogP contribution >= 0.6 is 0 Å². The molecule has 1 aliphatic rings. The van der Waals surface area contributed by atoms with Gasteiger partial charge in [-0.1, -0.05) is 71.9 Å². The van der Waals surface area contributed by atoms with Crippen LogP contribution in [0.4, 0.5) is 0 Å². The van der Waals surface area contributed by atoms with Crippen LogP contribution in [0.1, 0.15) is 47.1 Å². The number of carbonyl (C=O) groups excluding carboxylic acids is 1. The maximum atomic E-state index is 13.5. The van der Waals surface area contributed by atoms with Gasteiger partial charge in [-0.05, 0) is 41.8 Å². The van der Waals surface area contributed by atoms with Crippen LogP contribution in [-0.2, 0) is 20.2 Å². The Kier molecular flexibility index (Phi) is 7.16. The van der Waals surface area contributed by atoms with Crippen molar-refractivity contribution < 1.29 is 18.8 Å². The van der Waals surface area contributed by atoms with Crippen LogP contribution in [-0.4, -0.2) is 51.0 Å². The summed E-state index contributed by atoms with van der Waals surface area (Å²) < 4.78 is 13.2. The number of rotatable bonds is 6. The van der Waals surface area contributed by atoms with E-state index in [0.29, 0.717) is 6.54 Å². The Bertz CT molecular complexity index is 738. The van der Waals surface area contributed by atoms with Gasteiger partial charge >= 0.3 is 0 Å². The summed E-state index contributed by atoms with van der Waals surface area (Å²) in [7, 11) is -4.48. The second kappa shape index (κ2) is 8.50. The SMILES string of the molecule is CC(C)(C)[Si](C)(C)O[C@@H]1C(=O)N(Cc2ccccc2)C(O)[C@@H]1O[Si](C)(C)C(C)(C)C. The van der Waals surface area contributed by atoms with Gasteiger partial charge in [-0.2, -0.15) is 0 Å². The van der Waals surface area contributed by atoms with Gasteiger partial charge in [0.25, 0.3) is 5.91 Å². The van der Waals surface area contributed by atoms with Gasteiger partial charge in [-0.3, -0.25) is 4.79 Å². The van der Waals surface area contributed by atoms with E-state index < -0.39 is 35.1 Å². The molecule has 1 heterocycles. The van der Waals surface area contributed by atoms with Crippen molar-refractivity contribution in [2.24, 2.45) is 0 Å². The van der Waals surface area contributed by atoms with E-state index in [2.05, 4.69) is 67.7 Å². The number of amides is 1. The molecule has 7 heteroatoms. The molecule has 1 saturated heterocycles. The van der Waals surface area contributed by atoms with Crippen LogP contribution in [0, 0.1) is 0 Å². The third-order valence-corrected chi connectivity index (χ3v) is 16.0. The summed E-state index contributed by atoms with van der Waals surface area (Å²) >= 11 is 0. The molecule has 2 rings (SSSR count). The molecule has 1 aromatic carbocycles. The van der Waals surface area contributed by atoms with Crippen molar-refractivity contribution in [2.75, 3.05) is 0 Å². The van der Waals surface area contributed by atoms with Crippen LogP contribution in [0.15, 0.2) is 30.3 Å². The summed E-state index contributed by atoms with van der Waals surface area (Å²) in [4.78, 5) is 15.0. The lowest BCUT2D eigenvalue weighted by Crippen LogP contribution is -2.53. The summed E-state index contributed by atoms with van der Waals surface area (Å²) in [5.41, 5.74) is 0.976. The quantitative estimate of drug-likeness (QED) is 0.609. The average Bonchev–Trinajstić information content (AvgIpc) is 2.78. The maximum absolute atomic E-state index is 13.5. The van der Waals surface area contributed by atoms with Crippen molar-refractivity contribution in [3.8, 4) is 0 Å². The van der Waals surface area contributed by atoms with Gasteiger partial charge in [-0.25, -0.2) is 0 Å². The summed E-state index contributed by atoms with van der Waals surface area (Å²) in [6.07, 6.45) is -2.49. The molecular weight excluding hydrogens is 410 g/mol. The van der Waals surface area contributed by atoms with E-state index >= 15 is 0 Å².